The number of ketones is 1. The summed E-state index contributed by atoms with van der Waals surface area (Å²) in [6.45, 7) is 1.76. The summed E-state index contributed by atoms with van der Waals surface area (Å²) in [6, 6.07) is 11.7. The van der Waals surface area contributed by atoms with Crippen LogP contribution in [0.5, 0.6) is 0 Å². The molecule has 0 aliphatic heterocycles. The minimum Gasteiger partial charge on any atom is -0.357 e. The Morgan fingerprint density at radius 3 is 2.67 bits per heavy atom. The Hall–Kier alpha value is -3.98. The fourth-order valence-corrected chi connectivity index (χ4v) is 3.80. The van der Waals surface area contributed by atoms with Crippen molar-refractivity contribution in [3.05, 3.63) is 76.6 Å². The van der Waals surface area contributed by atoms with Gasteiger partial charge in [-0.1, -0.05) is 23.7 Å². The van der Waals surface area contributed by atoms with Crippen molar-refractivity contribution < 1.29 is 14.4 Å². The maximum absolute atomic E-state index is 13.1. The monoisotopic (exact) mass is 464 g/mol. The minimum atomic E-state index is -0.590. The summed E-state index contributed by atoms with van der Waals surface area (Å²) in [5.74, 6) is 0.0487. The summed E-state index contributed by atoms with van der Waals surface area (Å²) in [7, 11) is 3.19. The number of hydrogen-bond acceptors (Lipinski definition) is 5. The van der Waals surface area contributed by atoms with E-state index in [0.29, 0.717) is 22.8 Å². The molecule has 0 saturated heterocycles. The van der Waals surface area contributed by atoms with Crippen molar-refractivity contribution >= 4 is 46.5 Å². The van der Waals surface area contributed by atoms with Crippen LogP contribution in [0.4, 0.5) is 10.6 Å². The van der Waals surface area contributed by atoms with Crippen molar-refractivity contribution in [2.75, 3.05) is 11.9 Å². The number of aromatic nitrogens is 4. The fourth-order valence-electron chi connectivity index (χ4n) is 3.58. The molecular weight excluding hydrogens is 444 g/mol. The number of imidazole rings is 1. The maximum Gasteiger partial charge on any atom is 0.332 e. The molecule has 3 amide bonds. The Morgan fingerprint density at radius 2 is 2.00 bits per heavy atom. The predicted octanol–water partition coefficient (Wildman–Crippen LogP) is 3.70. The normalized spacial score (nSPS) is 10.9. The summed E-state index contributed by atoms with van der Waals surface area (Å²) >= 11 is 6.22. The summed E-state index contributed by atoms with van der Waals surface area (Å²) in [6.07, 6.45) is 1.99. The zero-order valence-corrected chi connectivity index (χ0v) is 19.0. The number of halogens is 1. The number of H-pyrrole nitrogens is 1. The van der Waals surface area contributed by atoms with Gasteiger partial charge in [-0.25, -0.2) is 9.78 Å². The average Bonchev–Trinajstić information content (AvgIpc) is 3.38. The van der Waals surface area contributed by atoms with Gasteiger partial charge in [-0.3, -0.25) is 24.4 Å². The van der Waals surface area contributed by atoms with Crippen molar-refractivity contribution in [3.63, 3.8) is 0 Å². The van der Waals surface area contributed by atoms with Crippen molar-refractivity contribution in [3.8, 4) is 0 Å². The van der Waals surface area contributed by atoms with Gasteiger partial charge in [0, 0.05) is 41.9 Å². The smallest absolute Gasteiger partial charge is 0.332 e. The lowest BCUT2D eigenvalue weighted by Gasteiger charge is -2.22. The third kappa shape index (κ3) is 4.10. The number of urea groups is 1. The molecule has 1 N–H and O–H groups in total. The molecule has 0 aliphatic carbocycles. The van der Waals surface area contributed by atoms with Gasteiger partial charge in [-0.2, -0.15) is 0 Å². The van der Waals surface area contributed by atoms with Crippen molar-refractivity contribution in [2.24, 2.45) is 7.05 Å². The molecule has 0 aliphatic rings. The van der Waals surface area contributed by atoms with E-state index in [1.54, 1.807) is 48.9 Å². The van der Waals surface area contributed by atoms with E-state index < -0.39 is 6.03 Å². The second kappa shape index (κ2) is 8.87. The Kier molecular flexibility index (Phi) is 5.97. The van der Waals surface area contributed by atoms with E-state index in [1.165, 1.54) is 18.1 Å². The molecule has 9 nitrogen and oxygen atoms in total. The molecule has 0 saturated carbocycles. The van der Waals surface area contributed by atoms with E-state index in [1.807, 2.05) is 12.1 Å². The molecule has 168 valence electrons. The van der Waals surface area contributed by atoms with Gasteiger partial charge in [-0.05, 0) is 37.3 Å². The topological polar surface area (TPSA) is 104 Å². The highest BCUT2D eigenvalue weighted by molar-refractivity contribution is 6.35. The number of amides is 3. The van der Waals surface area contributed by atoms with E-state index in [4.69, 9.17) is 11.6 Å². The molecule has 0 unspecified atom stereocenters. The predicted molar refractivity (Wildman–Crippen MR) is 124 cm³/mol. The quantitative estimate of drug-likeness (QED) is 0.346. The van der Waals surface area contributed by atoms with E-state index in [2.05, 4.69) is 15.0 Å². The van der Waals surface area contributed by atoms with Crippen molar-refractivity contribution in [1.29, 1.82) is 0 Å². The number of imide groups is 1. The zero-order chi connectivity index (χ0) is 23.7. The molecule has 0 fully saturated rings. The second-order valence-corrected chi connectivity index (χ2v) is 7.93. The Bertz CT molecular complexity index is 1360. The van der Waals surface area contributed by atoms with Gasteiger partial charge in [0.05, 0.1) is 12.2 Å². The fraction of sp³-hybridized carbons (Fsp3) is 0.174. The highest BCUT2D eigenvalue weighted by Crippen LogP contribution is 2.25. The van der Waals surface area contributed by atoms with Gasteiger partial charge in [-0.15, -0.1) is 0 Å². The van der Waals surface area contributed by atoms with Crippen LogP contribution in [0, 0.1) is 6.92 Å². The summed E-state index contributed by atoms with van der Waals surface area (Å²) < 4.78 is 1.60. The number of carbonyl (C=O) groups is 3. The summed E-state index contributed by atoms with van der Waals surface area (Å²) in [4.78, 5) is 51.6. The standard InChI is InChI=1S/C23H21ClN6O3/c1-14-21(27-22(28(14)2)20(32)19-8-4-5-10-25-19)29(3)23(33)30(13-31)12-15-11-16-17(24)7-6-9-18(16)26-15/h4-11,13,26H,12H2,1-3H3. The summed E-state index contributed by atoms with van der Waals surface area (Å²) in [5.41, 5.74) is 2.30. The lowest BCUT2D eigenvalue weighted by molar-refractivity contribution is -0.116. The first-order chi connectivity index (χ1) is 15.8. The van der Waals surface area contributed by atoms with E-state index in [-0.39, 0.29) is 29.7 Å². The average molecular weight is 465 g/mol. The number of nitrogens with zero attached hydrogens (tertiary/aromatic N) is 5. The highest BCUT2D eigenvalue weighted by Gasteiger charge is 2.27. The van der Waals surface area contributed by atoms with Crippen molar-refractivity contribution in [2.45, 2.75) is 13.5 Å². The number of fused-ring (bicyclic) bond motifs is 1. The van der Waals surface area contributed by atoms with Crippen LogP contribution < -0.4 is 4.90 Å². The summed E-state index contributed by atoms with van der Waals surface area (Å²) in [5, 5.41) is 1.38. The van der Waals surface area contributed by atoms with Crippen molar-refractivity contribution in [1.82, 2.24) is 24.4 Å². The van der Waals surface area contributed by atoms with Gasteiger partial charge in [0.2, 0.25) is 12.2 Å². The van der Waals surface area contributed by atoms with Crippen LogP contribution in [-0.4, -0.2) is 49.7 Å². The lowest BCUT2D eigenvalue weighted by atomic mass is 10.2. The van der Waals surface area contributed by atoms with Crippen LogP contribution >= 0.6 is 11.6 Å². The molecule has 1 aromatic carbocycles. The molecule has 10 heteroatoms. The number of nitrogens with one attached hydrogen (secondary N) is 1. The Balaban J connectivity index is 1.59. The highest BCUT2D eigenvalue weighted by atomic mass is 35.5. The van der Waals surface area contributed by atoms with Gasteiger partial charge < -0.3 is 9.55 Å². The van der Waals surface area contributed by atoms with Gasteiger partial charge >= 0.3 is 6.03 Å². The third-order valence-corrected chi connectivity index (χ3v) is 5.77. The van der Waals surface area contributed by atoms with E-state index in [0.717, 1.165) is 15.8 Å². The van der Waals surface area contributed by atoms with E-state index >= 15 is 0 Å². The first-order valence-electron chi connectivity index (χ1n) is 10.1. The maximum atomic E-state index is 13.1. The molecule has 0 bridgehead atoms. The minimum absolute atomic E-state index is 0.0171. The number of pyridine rings is 1. The lowest BCUT2D eigenvalue weighted by Crippen LogP contribution is -2.40. The van der Waals surface area contributed by atoms with Crippen LogP contribution in [0.15, 0.2) is 48.7 Å². The number of rotatable bonds is 6. The molecular formula is C23H21ClN6O3. The van der Waals surface area contributed by atoms with Crippen LogP contribution in [0.2, 0.25) is 5.02 Å². The number of hydrogen-bond donors (Lipinski definition) is 1. The molecule has 0 atom stereocenters. The second-order valence-electron chi connectivity index (χ2n) is 7.52. The first-order valence-corrected chi connectivity index (χ1v) is 10.4. The molecule has 4 aromatic rings. The van der Waals surface area contributed by atoms with Crippen LogP contribution in [0.25, 0.3) is 10.9 Å². The molecule has 3 heterocycles. The Morgan fingerprint density at radius 1 is 1.21 bits per heavy atom. The van der Waals surface area contributed by atoms with E-state index in [9.17, 15) is 14.4 Å². The zero-order valence-electron chi connectivity index (χ0n) is 18.2. The molecule has 0 radical (unpaired) electrons. The molecule has 33 heavy (non-hydrogen) atoms. The van der Waals surface area contributed by atoms with Crippen LogP contribution in [-0.2, 0) is 18.4 Å². The molecule has 3 aromatic heterocycles. The van der Waals surface area contributed by atoms with Gasteiger partial charge in [0.15, 0.2) is 11.6 Å². The molecule has 0 spiro atoms. The number of aromatic amines is 1. The van der Waals surface area contributed by atoms with Gasteiger partial charge in [0.25, 0.3) is 0 Å². The van der Waals surface area contributed by atoms with Gasteiger partial charge in [0.1, 0.15) is 5.69 Å². The first kappa shape index (κ1) is 22.2. The third-order valence-electron chi connectivity index (χ3n) is 5.44. The SMILES string of the molecule is Cc1c(N(C)C(=O)N(C=O)Cc2cc3c(Cl)cccc3[nH]2)nc(C(=O)c2ccccn2)n1C. The largest absolute Gasteiger partial charge is 0.357 e. The number of anilines is 1. The number of benzene rings is 1. The Labute approximate surface area is 194 Å². The van der Waals surface area contributed by atoms with Crippen LogP contribution in [0.1, 0.15) is 27.7 Å². The number of carbonyl (C=O) groups excluding carboxylic acids is 3. The van der Waals surface area contributed by atoms with Crippen LogP contribution in [0.3, 0.4) is 0 Å². The molecule has 4 rings (SSSR count).